The Balaban J connectivity index is 1.74. The molecule has 0 bridgehead atoms. The molecular formula is C20H14ClN3OS. The van der Waals surface area contributed by atoms with Crippen LogP contribution in [0.4, 0.5) is 5.69 Å². The van der Waals surface area contributed by atoms with Crippen molar-refractivity contribution >= 4 is 34.5 Å². The number of amides is 1. The van der Waals surface area contributed by atoms with Crippen molar-refractivity contribution in [3.05, 3.63) is 88.9 Å². The Kier molecular flexibility index (Phi) is 4.56. The maximum Gasteiger partial charge on any atom is 0.259 e. The van der Waals surface area contributed by atoms with Crippen molar-refractivity contribution in [3.8, 4) is 16.3 Å². The van der Waals surface area contributed by atoms with Gasteiger partial charge in [-0.25, -0.2) is 4.68 Å². The summed E-state index contributed by atoms with van der Waals surface area (Å²) in [6, 6.07) is 20.7. The van der Waals surface area contributed by atoms with E-state index in [0.29, 0.717) is 22.0 Å². The third-order valence-electron chi connectivity index (χ3n) is 3.82. The zero-order valence-electron chi connectivity index (χ0n) is 13.6. The molecule has 0 radical (unpaired) electrons. The van der Waals surface area contributed by atoms with E-state index in [1.54, 1.807) is 46.5 Å². The summed E-state index contributed by atoms with van der Waals surface area (Å²) in [6.45, 7) is 0. The number of carbonyl (C=O) groups excluding carboxylic acids is 1. The largest absolute Gasteiger partial charge is 0.322 e. The van der Waals surface area contributed by atoms with Crippen LogP contribution in [0.15, 0.2) is 78.3 Å². The minimum Gasteiger partial charge on any atom is -0.322 e. The molecule has 0 saturated heterocycles. The van der Waals surface area contributed by atoms with E-state index in [1.807, 2.05) is 47.8 Å². The molecule has 4 nitrogen and oxygen atoms in total. The van der Waals surface area contributed by atoms with Crippen LogP contribution in [0.25, 0.3) is 16.3 Å². The van der Waals surface area contributed by atoms with Crippen molar-refractivity contribution in [2.75, 3.05) is 5.32 Å². The number of rotatable bonds is 4. The number of benzene rings is 2. The van der Waals surface area contributed by atoms with Crippen molar-refractivity contribution in [1.29, 1.82) is 0 Å². The fraction of sp³-hybridized carbons (Fsp3) is 0. The fourth-order valence-electron chi connectivity index (χ4n) is 2.61. The molecular weight excluding hydrogens is 366 g/mol. The van der Waals surface area contributed by atoms with Crippen LogP contribution in [0.5, 0.6) is 0 Å². The maximum atomic E-state index is 12.9. The van der Waals surface area contributed by atoms with Crippen LogP contribution in [0.3, 0.4) is 0 Å². The van der Waals surface area contributed by atoms with Gasteiger partial charge in [0.1, 0.15) is 5.69 Å². The number of thiophene rings is 1. The van der Waals surface area contributed by atoms with Gasteiger partial charge >= 0.3 is 0 Å². The molecule has 4 aromatic rings. The summed E-state index contributed by atoms with van der Waals surface area (Å²) < 4.78 is 1.72. The minimum atomic E-state index is -0.224. The molecule has 2 aromatic heterocycles. The molecule has 0 aliphatic carbocycles. The highest BCUT2D eigenvalue weighted by molar-refractivity contribution is 7.13. The van der Waals surface area contributed by atoms with Gasteiger partial charge in [0.15, 0.2) is 0 Å². The molecule has 0 aliphatic rings. The lowest BCUT2D eigenvalue weighted by Gasteiger charge is -2.05. The van der Waals surface area contributed by atoms with Crippen LogP contribution in [-0.2, 0) is 0 Å². The summed E-state index contributed by atoms with van der Waals surface area (Å²) in [5.41, 5.74) is 2.71. The molecule has 0 atom stereocenters. The van der Waals surface area contributed by atoms with E-state index in [1.165, 1.54) is 0 Å². The molecule has 4 rings (SSSR count). The van der Waals surface area contributed by atoms with E-state index in [9.17, 15) is 4.79 Å². The fourth-order valence-corrected chi connectivity index (χ4v) is 3.53. The highest BCUT2D eigenvalue weighted by Gasteiger charge is 2.19. The SMILES string of the molecule is O=C(Nc1cccc(Cl)c1)c1cn(-c2ccccc2)nc1-c1cccs1. The molecule has 1 amide bonds. The van der Waals surface area contributed by atoms with Crippen molar-refractivity contribution in [2.24, 2.45) is 0 Å². The normalized spacial score (nSPS) is 10.7. The Morgan fingerprint density at radius 3 is 2.62 bits per heavy atom. The average molecular weight is 380 g/mol. The molecule has 0 spiro atoms. The van der Waals surface area contributed by atoms with Crippen molar-refractivity contribution in [2.45, 2.75) is 0 Å². The number of nitrogens with zero attached hydrogens (tertiary/aromatic N) is 2. The average Bonchev–Trinajstić information content (AvgIpc) is 3.32. The van der Waals surface area contributed by atoms with Crippen LogP contribution in [-0.4, -0.2) is 15.7 Å². The van der Waals surface area contributed by atoms with Gasteiger partial charge in [0, 0.05) is 16.9 Å². The molecule has 0 fully saturated rings. The number of carbonyl (C=O) groups is 1. The van der Waals surface area contributed by atoms with Crippen LogP contribution in [0.1, 0.15) is 10.4 Å². The van der Waals surface area contributed by atoms with Gasteiger partial charge < -0.3 is 5.32 Å². The lowest BCUT2D eigenvalue weighted by Crippen LogP contribution is -2.12. The molecule has 0 unspecified atom stereocenters. The van der Waals surface area contributed by atoms with Crippen LogP contribution >= 0.6 is 22.9 Å². The van der Waals surface area contributed by atoms with Gasteiger partial charge in [0.05, 0.1) is 16.1 Å². The lowest BCUT2D eigenvalue weighted by atomic mass is 10.2. The van der Waals surface area contributed by atoms with Gasteiger partial charge in [-0.05, 0) is 41.8 Å². The maximum absolute atomic E-state index is 12.9. The van der Waals surface area contributed by atoms with E-state index in [2.05, 4.69) is 10.4 Å². The van der Waals surface area contributed by atoms with Crippen LogP contribution in [0, 0.1) is 0 Å². The molecule has 1 N–H and O–H groups in total. The minimum absolute atomic E-state index is 0.224. The predicted molar refractivity (Wildman–Crippen MR) is 106 cm³/mol. The first-order valence-corrected chi connectivity index (χ1v) is 9.22. The second-order valence-corrected chi connectivity index (χ2v) is 7.00. The lowest BCUT2D eigenvalue weighted by molar-refractivity contribution is 0.102. The zero-order chi connectivity index (χ0) is 17.9. The first-order valence-electron chi connectivity index (χ1n) is 7.96. The molecule has 0 saturated carbocycles. The second-order valence-electron chi connectivity index (χ2n) is 5.61. The number of hydrogen-bond acceptors (Lipinski definition) is 3. The molecule has 6 heteroatoms. The van der Waals surface area contributed by atoms with E-state index >= 15 is 0 Å². The first-order chi connectivity index (χ1) is 12.7. The van der Waals surface area contributed by atoms with Gasteiger partial charge in [-0.2, -0.15) is 5.10 Å². The summed E-state index contributed by atoms with van der Waals surface area (Å²) >= 11 is 7.55. The number of halogens is 1. The highest BCUT2D eigenvalue weighted by atomic mass is 35.5. The quantitative estimate of drug-likeness (QED) is 0.508. The standard InChI is InChI=1S/C20H14ClN3OS/c21-14-6-4-7-15(12-14)22-20(25)17-13-24(16-8-2-1-3-9-16)23-19(17)18-10-5-11-26-18/h1-13H,(H,22,25). The third-order valence-corrected chi connectivity index (χ3v) is 4.93. The number of nitrogens with one attached hydrogen (secondary N) is 1. The van der Waals surface area contributed by atoms with Crippen LogP contribution < -0.4 is 5.32 Å². The van der Waals surface area contributed by atoms with Crippen LogP contribution in [0.2, 0.25) is 5.02 Å². The van der Waals surface area contributed by atoms with Gasteiger partial charge in [-0.1, -0.05) is 41.9 Å². The van der Waals surface area contributed by atoms with Crippen molar-refractivity contribution in [3.63, 3.8) is 0 Å². The molecule has 26 heavy (non-hydrogen) atoms. The van der Waals surface area contributed by atoms with Crippen molar-refractivity contribution < 1.29 is 4.79 Å². The summed E-state index contributed by atoms with van der Waals surface area (Å²) in [4.78, 5) is 13.8. The van der Waals surface area contributed by atoms with E-state index < -0.39 is 0 Å². The second kappa shape index (κ2) is 7.15. The Labute approximate surface area is 159 Å². The summed E-state index contributed by atoms with van der Waals surface area (Å²) in [7, 11) is 0. The monoisotopic (exact) mass is 379 g/mol. The third kappa shape index (κ3) is 3.40. The summed E-state index contributed by atoms with van der Waals surface area (Å²) in [6.07, 6.45) is 1.75. The highest BCUT2D eigenvalue weighted by Crippen LogP contribution is 2.28. The smallest absolute Gasteiger partial charge is 0.259 e. The van der Waals surface area contributed by atoms with Gasteiger partial charge in [-0.15, -0.1) is 11.3 Å². The first kappa shape index (κ1) is 16.6. The van der Waals surface area contributed by atoms with E-state index in [4.69, 9.17) is 11.6 Å². The van der Waals surface area contributed by atoms with Gasteiger partial charge in [0.25, 0.3) is 5.91 Å². The van der Waals surface area contributed by atoms with E-state index in [-0.39, 0.29) is 5.91 Å². The van der Waals surface area contributed by atoms with Gasteiger partial charge in [-0.3, -0.25) is 4.79 Å². The summed E-state index contributed by atoms with van der Waals surface area (Å²) in [5.74, 6) is -0.224. The molecule has 128 valence electrons. The molecule has 2 heterocycles. The number of para-hydroxylation sites is 1. The number of anilines is 1. The number of aromatic nitrogens is 2. The Morgan fingerprint density at radius 1 is 1.04 bits per heavy atom. The van der Waals surface area contributed by atoms with Crippen molar-refractivity contribution in [1.82, 2.24) is 9.78 Å². The Morgan fingerprint density at radius 2 is 1.88 bits per heavy atom. The van der Waals surface area contributed by atoms with Gasteiger partial charge in [0.2, 0.25) is 0 Å². The summed E-state index contributed by atoms with van der Waals surface area (Å²) in [5, 5.41) is 10.1. The predicted octanol–water partition coefficient (Wildman–Crippen LogP) is 5.51. The topological polar surface area (TPSA) is 46.9 Å². The number of hydrogen-bond donors (Lipinski definition) is 1. The Bertz CT molecular complexity index is 1040. The molecule has 2 aromatic carbocycles. The zero-order valence-corrected chi connectivity index (χ0v) is 15.2. The molecule has 0 aliphatic heterocycles. The van der Waals surface area contributed by atoms with E-state index in [0.717, 1.165) is 10.6 Å². The Hall–Kier alpha value is -2.89.